The lowest BCUT2D eigenvalue weighted by Crippen LogP contribution is -2.37. The molecule has 1 saturated carbocycles. The summed E-state index contributed by atoms with van der Waals surface area (Å²) in [6, 6.07) is 18.7. The number of aromatic nitrogens is 4. The Bertz CT molecular complexity index is 1480. The maximum atomic E-state index is 12.7. The van der Waals surface area contributed by atoms with Crippen LogP contribution in [0.1, 0.15) is 37.7 Å². The van der Waals surface area contributed by atoms with Crippen LogP contribution in [0, 0.1) is 0 Å². The van der Waals surface area contributed by atoms with Crippen LogP contribution in [0.25, 0.3) is 22.5 Å². The van der Waals surface area contributed by atoms with Gasteiger partial charge in [0.1, 0.15) is 31.2 Å². The lowest BCUT2D eigenvalue weighted by molar-refractivity contribution is 0.0880. The molecule has 0 saturated heterocycles. The van der Waals surface area contributed by atoms with E-state index in [1.165, 1.54) is 6.42 Å². The molecule has 0 unspecified atom stereocenters. The molecule has 4 aromatic rings. The van der Waals surface area contributed by atoms with Crippen molar-refractivity contribution in [3.05, 3.63) is 78.9 Å². The van der Waals surface area contributed by atoms with Crippen molar-refractivity contribution in [3.63, 3.8) is 0 Å². The standard InChI is InChI=1S/C33H41N5O4Si/c1-43(2,3)17-16-40-24-38-23-35-37-32(38)27-18-26(20-34-21-27)30-19-29(42-33(39)36-28-12-8-5-9-13-28)14-15-31(30)41-22-25-10-6-4-7-11-25/h4,6-7,10-11,14-15,18-21,23,28H,5,8-9,12-13,16-17,22,24H2,1-3H3,(H,36,39). The van der Waals surface area contributed by atoms with Gasteiger partial charge in [0.15, 0.2) is 5.82 Å². The van der Waals surface area contributed by atoms with Crippen molar-refractivity contribution in [2.75, 3.05) is 6.61 Å². The molecule has 0 aliphatic heterocycles. The molecule has 226 valence electrons. The highest BCUT2D eigenvalue weighted by Crippen LogP contribution is 2.35. The third-order valence-electron chi connectivity index (χ3n) is 7.48. The number of amides is 1. The van der Waals surface area contributed by atoms with Crippen LogP contribution < -0.4 is 14.8 Å². The Balaban J connectivity index is 1.37. The van der Waals surface area contributed by atoms with E-state index in [0.29, 0.717) is 37.3 Å². The number of hydrogen-bond donors (Lipinski definition) is 1. The normalized spacial score (nSPS) is 13.9. The van der Waals surface area contributed by atoms with Gasteiger partial charge < -0.3 is 19.5 Å². The minimum atomic E-state index is -1.19. The van der Waals surface area contributed by atoms with Crippen molar-refractivity contribution >= 4 is 14.2 Å². The van der Waals surface area contributed by atoms with Crippen LogP contribution >= 0.6 is 0 Å². The Morgan fingerprint density at radius 2 is 1.79 bits per heavy atom. The molecule has 2 aromatic heterocycles. The van der Waals surface area contributed by atoms with Gasteiger partial charge in [0, 0.05) is 49.8 Å². The van der Waals surface area contributed by atoms with E-state index in [1.54, 1.807) is 24.8 Å². The number of carbonyl (C=O) groups is 1. The van der Waals surface area contributed by atoms with Gasteiger partial charge in [-0.2, -0.15) is 0 Å². The average Bonchev–Trinajstić information content (AvgIpc) is 3.48. The van der Waals surface area contributed by atoms with E-state index >= 15 is 0 Å². The summed E-state index contributed by atoms with van der Waals surface area (Å²) in [5.41, 5.74) is 3.40. The third-order valence-corrected chi connectivity index (χ3v) is 9.18. The van der Waals surface area contributed by atoms with Crippen LogP contribution in [-0.4, -0.2) is 46.6 Å². The minimum absolute atomic E-state index is 0.159. The van der Waals surface area contributed by atoms with Crippen molar-refractivity contribution < 1.29 is 19.0 Å². The van der Waals surface area contributed by atoms with Crippen LogP contribution in [0.5, 0.6) is 11.5 Å². The summed E-state index contributed by atoms with van der Waals surface area (Å²) in [6.45, 7) is 8.46. The Morgan fingerprint density at radius 3 is 2.58 bits per heavy atom. The van der Waals surface area contributed by atoms with Crippen LogP contribution in [0.2, 0.25) is 25.7 Å². The van der Waals surface area contributed by atoms with Gasteiger partial charge in [-0.25, -0.2) is 4.79 Å². The number of rotatable bonds is 12. The van der Waals surface area contributed by atoms with Gasteiger partial charge >= 0.3 is 6.09 Å². The van der Waals surface area contributed by atoms with Gasteiger partial charge in [0.05, 0.1) is 0 Å². The van der Waals surface area contributed by atoms with Crippen molar-refractivity contribution in [2.45, 2.75) is 77.2 Å². The zero-order valence-corrected chi connectivity index (χ0v) is 26.3. The summed E-state index contributed by atoms with van der Waals surface area (Å²) in [7, 11) is -1.19. The lowest BCUT2D eigenvalue weighted by Gasteiger charge is -2.22. The molecular weight excluding hydrogens is 558 g/mol. The summed E-state index contributed by atoms with van der Waals surface area (Å²) in [5, 5.41) is 11.5. The van der Waals surface area contributed by atoms with Gasteiger partial charge in [-0.15, -0.1) is 10.2 Å². The molecule has 2 aromatic carbocycles. The Hall–Kier alpha value is -4.02. The first kappa shape index (κ1) is 30.4. The smallest absolute Gasteiger partial charge is 0.412 e. The summed E-state index contributed by atoms with van der Waals surface area (Å²) in [4.78, 5) is 17.3. The predicted molar refractivity (Wildman–Crippen MR) is 170 cm³/mol. The first-order valence-corrected chi connectivity index (χ1v) is 18.8. The van der Waals surface area contributed by atoms with Gasteiger partial charge in [-0.1, -0.05) is 69.2 Å². The van der Waals surface area contributed by atoms with Gasteiger partial charge in [0.2, 0.25) is 0 Å². The van der Waals surface area contributed by atoms with Crippen LogP contribution in [0.15, 0.2) is 73.3 Å². The van der Waals surface area contributed by atoms with Crippen LogP contribution in [0.3, 0.4) is 0 Å². The number of carbonyl (C=O) groups excluding carboxylic acids is 1. The highest BCUT2D eigenvalue weighted by atomic mass is 28.3. The first-order valence-electron chi connectivity index (χ1n) is 15.0. The largest absolute Gasteiger partial charge is 0.488 e. The number of hydrogen-bond acceptors (Lipinski definition) is 7. The van der Waals surface area contributed by atoms with Crippen LogP contribution in [-0.2, 0) is 18.1 Å². The summed E-state index contributed by atoms with van der Waals surface area (Å²) in [6.07, 6.45) is 10.2. The average molecular weight is 600 g/mol. The van der Waals surface area contributed by atoms with Crippen molar-refractivity contribution in [1.82, 2.24) is 25.1 Å². The monoisotopic (exact) mass is 599 g/mol. The zero-order chi connectivity index (χ0) is 30.1. The van der Waals surface area contributed by atoms with Gasteiger partial charge in [0.25, 0.3) is 0 Å². The second-order valence-electron chi connectivity index (χ2n) is 12.2. The van der Waals surface area contributed by atoms with Crippen molar-refractivity contribution in [1.29, 1.82) is 0 Å². The quantitative estimate of drug-likeness (QED) is 0.135. The SMILES string of the molecule is C[Si](C)(C)CCOCn1cnnc1-c1cncc(-c2cc(OC(=O)NC3CCCCC3)ccc2OCc2ccccc2)c1. The molecule has 0 spiro atoms. The number of benzene rings is 2. The fourth-order valence-electron chi connectivity index (χ4n) is 5.03. The molecule has 2 heterocycles. The maximum Gasteiger partial charge on any atom is 0.412 e. The molecule has 0 bridgehead atoms. The van der Waals surface area contributed by atoms with Crippen molar-refractivity contribution in [2.24, 2.45) is 0 Å². The Kier molecular flexibility index (Phi) is 10.2. The van der Waals surface area contributed by atoms with Crippen molar-refractivity contribution in [3.8, 4) is 34.0 Å². The lowest BCUT2D eigenvalue weighted by atomic mass is 9.96. The van der Waals surface area contributed by atoms with E-state index < -0.39 is 14.2 Å². The maximum absolute atomic E-state index is 12.7. The third kappa shape index (κ3) is 8.98. The zero-order valence-electron chi connectivity index (χ0n) is 25.3. The number of nitrogens with one attached hydrogen (secondary N) is 1. The highest BCUT2D eigenvalue weighted by molar-refractivity contribution is 6.76. The molecule has 9 nitrogen and oxygen atoms in total. The minimum Gasteiger partial charge on any atom is -0.488 e. The number of nitrogens with zero attached hydrogens (tertiary/aromatic N) is 4. The summed E-state index contributed by atoms with van der Waals surface area (Å²) >= 11 is 0. The van der Waals surface area contributed by atoms with E-state index in [0.717, 1.165) is 54.0 Å². The van der Waals surface area contributed by atoms with Gasteiger partial charge in [-0.3, -0.25) is 9.55 Å². The second-order valence-corrected chi connectivity index (χ2v) is 17.9. The van der Waals surface area contributed by atoms with Gasteiger partial charge in [-0.05, 0) is 48.7 Å². The summed E-state index contributed by atoms with van der Waals surface area (Å²) in [5.74, 6) is 1.74. The molecule has 1 amide bonds. The molecule has 5 rings (SSSR count). The van der Waals surface area contributed by atoms with E-state index in [4.69, 9.17) is 14.2 Å². The summed E-state index contributed by atoms with van der Waals surface area (Å²) < 4.78 is 19.8. The van der Waals surface area contributed by atoms with E-state index in [1.807, 2.05) is 53.1 Å². The second kappa shape index (κ2) is 14.4. The fraction of sp³-hybridized carbons (Fsp3) is 0.394. The Morgan fingerprint density at radius 1 is 1.00 bits per heavy atom. The van der Waals surface area contributed by atoms with E-state index in [2.05, 4.69) is 40.1 Å². The van der Waals surface area contributed by atoms with E-state index in [9.17, 15) is 4.79 Å². The molecule has 1 fully saturated rings. The first-order chi connectivity index (χ1) is 20.8. The number of ether oxygens (including phenoxy) is 3. The molecule has 10 heteroatoms. The molecule has 0 atom stereocenters. The molecule has 1 aliphatic carbocycles. The highest BCUT2D eigenvalue weighted by Gasteiger charge is 2.19. The van der Waals surface area contributed by atoms with E-state index in [-0.39, 0.29) is 6.04 Å². The predicted octanol–water partition coefficient (Wildman–Crippen LogP) is 7.32. The molecular formula is C33H41N5O4Si. The van der Waals surface area contributed by atoms with Crippen LogP contribution in [0.4, 0.5) is 4.79 Å². The topological polar surface area (TPSA) is 100 Å². The molecule has 0 radical (unpaired) electrons. The molecule has 43 heavy (non-hydrogen) atoms. The molecule has 1 aliphatic rings. The fourth-order valence-corrected chi connectivity index (χ4v) is 5.79. The number of pyridine rings is 1. The Labute approximate surface area is 254 Å². The molecule has 1 N–H and O–H groups in total.